The van der Waals surface area contributed by atoms with Crippen molar-refractivity contribution in [3.8, 4) is 0 Å². The van der Waals surface area contributed by atoms with E-state index in [4.69, 9.17) is 5.11 Å². The smallest absolute Gasteiger partial charge is 0.354 e. The first-order valence-corrected chi connectivity index (χ1v) is 5.40. The van der Waals surface area contributed by atoms with Crippen LogP contribution >= 0.6 is 0 Å². The van der Waals surface area contributed by atoms with Gasteiger partial charge < -0.3 is 10.0 Å². The molecule has 2 rings (SSSR count). The van der Waals surface area contributed by atoms with Gasteiger partial charge in [-0.25, -0.2) is 14.8 Å². The van der Waals surface area contributed by atoms with E-state index in [1.54, 1.807) is 6.92 Å². The van der Waals surface area contributed by atoms with Crippen molar-refractivity contribution >= 4 is 11.9 Å². The average molecular weight is 221 g/mol. The SMILES string of the molecule is Cc1cc(C(=O)O)nc(N2CCC(C)C2)n1. The number of aromatic nitrogens is 2. The number of carbonyl (C=O) groups is 1. The molecular weight excluding hydrogens is 206 g/mol. The molecular formula is C11H15N3O2. The summed E-state index contributed by atoms with van der Waals surface area (Å²) in [5, 5.41) is 8.92. The summed E-state index contributed by atoms with van der Waals surface area (Å²) in [5.41, 5.74) is 0.768. The van der Waals surface area contributed by atoms with Crippen molar-refractivity contribution in [2.75, 3.05) is 18.0 Å². The molecule has 0 spiro atoms. The molecule has 1 aliphatic rings. The Morgan fingerprint density at radius 2 is 2.31 bits per heavy atom. The maximum Gasteiger partial charge on any atom is 0.354 e. The van der Waals surface area contributed by atoms with Gasteiger partial charge in [0, 0.05) is 18.8 Å². The molecule has 1 aromatic heterocycles. The summed E-state index contributed by atoms with van der Waals surface area (Å²) in [6.45, 7) is 5.78. The van der Waals surface area contributed by atoms with Crippen molar-refractivity contribution in [2.24, 2.45) is 5.92 Å². The molecule has 1 aliphatic heterocycles. The van der Waals surface area contributed by atoms with Crippen LogP contribution in [0.1, 0.15) is 29.5 Å². The van der Waals surface area contributed by atoms with E-state index in [2.05, 4.69) is 16.9 Å². The third-order valence-corrected chi connectivity index (χ3v) is 2.77. The molecule has 1 aromatic rings. The fraction of sp³-hybridized carbons (Fsp3) is 0.545. The first-order valence-electron chi connectivity index (χ1n) is 5.40. The highest BCUT2D eigenvalue weighted by atomic mass is 16.4. The first kappa shape index (κ1) is 10.9. The predicted octanol–water partition coefficient (Wildman–Crippen LogP) is 1.33. The molecule has 1 fully saturated rings. The zero-order valence-corrected chi connectivity index (χ0v) is 9.47. The van der Waals surface area contributed by atoms with E-state index in [0.29, 0.717) is 17.6 Å². The van der Waals surface area contributed by atoms with E-state index in [-0.39, 0.29) is 5.69 Å². The third kappa shape index (κ3) is 2.13. The summed E-state index contributed by atoms with van der Waals surface area (Å²) in [6, 6.07) is 1.49. The van der Waals surface area contributed by atoms with Gasteiger partial charge in [-0.05, 0) is 25.3 Å². The second-order valence-electron chi connectivity index (χ2n) is 4.34. The van der Waals surface area contributed by atoms with Crippen LogP contribution in [0.2, 0.25) is 0 Å². The van der Waals surface area contributed by atoms with Crippen molar-refractivity contribution < 1.29 is 9.90 Å². The molecule has 0 aromatic carbocycles. The van der Waals surface area contributed by atoms with E-state index in [1.807, 2.05) is 4.90 Å². The highest BCUT2D eigenvalue weighted by molar-refractivity contribution is 5.85. The molecule has 86 valence electrons. The van der Waals surface area contributed by atoms with E-state index in [0.717, 1.165) is 19.5 Å². The number of aromatic carboxylic acids is 1. The van der Waals surface area contributed by atoms with Gasteiger partial charge in [0.25, 0.3) is 0 Å². The normalized spacial score (nSPS) is 20.1. The van der Waals surface area contributed by atoms with Gasteiger partial charge in [0.05, 0.1) is 0 Å². The summed E-state index contributed by atoms with van der Waals surface area (Å²) < 4.78 is 0. The Morgan fingerprint density at radius 3 is 2.88 bits per heavy atom. The van der Waals surface area contributed by atoms with Crippen LogP contribution in [0, 0.1) is 12.8 Å². The molecule has 5 nitrogen and oxygen atoms in total. The molecule has 2 heterocycles. The molecule has 0 radical (unpaired) electrons. The predicted molar refractivity (Wildman–Crippen MR) is 59.7 cm³/mol. The van der Waals surface area contributed by atoms with Crippen molar-refractivity contribution in [1.82, 2.24) is 9.97 Å². The minimum Gasteiger partial charge on any atom is -0.477 e. The maximum atomic E-state index is 10.9. The van der Waals surface area contributed by atoms with Gasteiger partial charge in [0.2, 0.25) is 5.95 Å². The van der Waals surface area contributed by atoms with Crippen LogP contribution in [-0.2, 0) is 0 Å². The Morgan fingerprint density at radius 1 is 1.56 bits per heavy atom. The van der Waals surface area contributed by atoms with Crippen molar-refractivity contribution in [2.45, 2.75) is 20.3 Å². The quantitative estimate of drug-likeness (QED) is 0.816. The number of carboxylic acids is 1. The highest BCUT2D eigenvalue weighted by Gasteiger charge is 2.22. The fourth-order valence-electron chi connectivity index (χ4n) is 1.92. The van der Waals surface area contributed by atoms with E-state index >= 15 is 0 Å². The highest BCUT2D eigenvalue weighted by Crippen LogP contribution is 2.20. The number of nitrogens with zero attached hydrogens (tertiary/aromatic N) is 3. The largest absolute Gasteiger partial charge is 0.477 e. The lowest BCUT2D eigenvalue weighted by atomic mass is 10.2. The lowest BCUT2D eigenvalue weighted by molar-refractivity contribution is 0.0690. The number of anilines is 1. The topological polar surface area (TPSA) is 66.3 Å². The van der Waals surface area contributed by atoms with Crippen LogP contribution in [0.4, 0.5) is 5.95 Å². The van der Waals surface area contributed by atoms with Gasteiger partial charge in [-0.2, -0.15) is 0 Å². The van der Waals surface area contributed by atoms with Crippen LogP contribution < -0.4 is 4.90 Å². The molecule has 16 heavy (non-hydrogen) atoms. The number of hydrogen-bond donors (Lipinski definition) is 1. The minimum atomic E-state index is -1.00. The van der Waals surface area contributed by atoms with E-state index in [9.17, 15) is 4.79 Å². The molecule has 0 bridgehead atoms. The van der Waals surface area contributed by atoms with Gasteiger partial charge in [-0.15, -0.1) is 0 Å². The van der Waals surface area contributed by atoms with Crippen molar-refractivity contribution in [1.29, 1.82) is 0 Å². The molecule has 1 atom stereocenters. The molecule has 0 aliphatic carbocycles. The standard InChI is InChI=1S/C11H15N3O2/c1-7-3-4-14(6-7)11-12-8(2)5-9(13-11)10(15)16/h5,7H,3-4,6H2,1-2H3,(H,15,16). The first-order chi connectivity index (χ1) is 7.56. The minimum absolute atomic E-state index is 0.0713. The van der Waals surface area contributed by atoms with E-state index in [1.165, 1.54) is 6.07 Å². The van der Waals surface area contributed by atoms with Crippen LogP contribution in [0.5, 0.6) is 0 Å². The van der Waals surface area contributed by atoms with Gasteiger partial charge in [-0.1, -0.05) is 6.92 Å². The number of hydrogen-bond acceptors (Lipinski definition) is 4. The van der Waals surface area contributed by atoms with E-state index < -0.39 is 5.97 Å². The van der Waals surface area contributed by atoms with Crippen LogP contribution in [0.3, 0.4) is 0 Å². The molecule has 0 amide bonds. The zero-order chi connectivity index (χ0) is 11.7. The Hall–Kier alpha value is -1.65. The van der Waals surface area contributed by atoms with Crippen molar-refractivity contribution in [3.05, 3.63) is 17.5 Å². The average Bonchev–Trinajstić information content (AvgIpc) is 2.64. The van der Waals surface area contributed by atoms with Gasteiger partial charge in [0.15, 0.2) is 5.69 Å². The molecule has 0 saturated carbocycles. The molecule has 5 heteroatoms. The zero-order valence-electron chi connectivity index (χ0n) is 9.47. The second-order valence-corrected chi connectivity index (χ2v) is 4.34. The number of aryl methyl sites for hydroxylation is 1. The summed E-state index contributed by atoms with van der Waals surface area (Å²) in [6.07, 6.45) is 1.11. The number of rotatable bonds is 2. The second kappa shape index (κ2) is 4.08. The fourth-order valence-corrected chi connectivity index (χ4v) is 1.92. The molecule has 1 saturated heterocycles. The Labute approximate surface area is 94.1 Å². The summed E-state index contributed by atoms with van der Waals surface area (Å²) in [4.78, 5) is 21.3. The lowest BCUT2D eigenvalue weighted by Gasteiger charge is -2.16. The Balaban J connectivity index is 2.30. The monoisotopic (exact) mass is 221 g/mol. The Bertz CT molecular complexity index is 420. The molecule has 1 unspecified atom stereocenters. The van der Waals surface area contributed by atoms with Crippen molar-refractivity contribution in [3.63, 3.8) is 0 Å². The van der Waals surface area contributed by atoms with Gasteiger partial charge >= 0.3 is 5.97 Å². The summed E-state index contributed by atoms with van der Waals surface area (Å²) in [5.74, 6) is 0.165. The van der Waals surface area contributed by atoms with Crippen LogP contribution in [0.15, 0.2) is 6.07 Å². The lowest BCUT2D eigenvalue weighted by Crippen LogP contribution is -2.23. The Kier molecular flexibility index (Phi) is 2.77. The molecule has 1 N–H and O–H groups in total. The summed E-state index contributed by atoms with van der Waals surface area (Å²) in [7, 11) is 0. The maximum absolute atomic E-state index is 10.9. The summed E-state index contributed by atoms with van der Waals surface area (Å²) >= 11 is 0. The van der Waals surface area contributed by atoms with Crippen LogP contribution in [0.25, 0.3) is 0 Å². The van der Waals surface area contributed by atoms with Crippen LogP contribution in [-0.4, -0.2) is 34.1 Å². The van der Waals surface area contributed by atoms with Gasteiger partial charge in [0.1, 0.15) is 0 Å². The third-order valence-electron chi connectivity index (χ3n) is 2.77. The van der Waals surface area contributed by atoms with Gasteiger partial charge in [-0.3, -0.25) is 0 Å². The number of carboxylic acid groups (broad SMARTS) is 1.